The van der Waals surface area contributed by atoms with Gasteiger partial charge in [-0.3, -0.25) is 0 Å². The van der Waals surface area contributed by atoms with E-state index in [4.69, 9.17) is 4.74 Å². The summed E-state index contributed by atoms with van der Waals surface area (Å²) in [4.78, 5) is 4.52. The predicted molar refractivity (Wildman–Crippen MR) is 70.2 cm³/mol. The molecule has 0 radical (unpaired) electrons. The average Bonchev–Trinajstić information content (AvgIpc) is 2.68. The minimum absolute atomic E-state index is 0.263. The van der Waals surface area contributed by atoms with Crippen molar-refractivity contribution in [2.24, 2.45) is 4.99 Å². The highest BCUT2D eigenvalue weighted by molar-refractivity contribution is 7.94. The number of nitrogens with zero attached hydrogens (tertiary/aromatic N) is 1. The third-order valence-corrected chi connectivity index (χ3v) is 3.87. The van der Waals surface area contributed by atoms with Gasteiger partial charge in [0.15, 0.2) is 9.84 Å². The van der Waals surface area contributed by atoms with Gasteiger partial charge in [-0.25, -0.2) is 13.4 Å². The van der Waals surface area contributed by atoms with Gasteiger partial charge in [0, 0.05) is 11.5 Å². The molecule has 0 unspecified atom stereocenters. The van der Waals surface area contributed by atoms with E-state index in [1.807, 2.05) is 13.8 Å². The van der Waals surface area contributed by atoms with Crippen molar-refractivity contribution in [1.82, 2.24) is 0 Å². The van der Waals surface area contributed by atoms with Gasteiger partial charge in [-0.05, 0) is 26.0 Å². The maximum atomic E-state index is 12.0. The third kappa shape index (κ3) is 2.98. The van der Waals surface area contributed by atoms with Crippen LogP contribution in [0.3, 0.4) is 0 Å². The van der Waals surface area contributed by atoms with Gasteiger partial charge in [-0.2, -0.15) is 0 Å². The lowest BCUT2D eigenvalue weighted by atomic mass is 10.1. The molecule has 0 bridgehead atoms. The average molecular weight is 265 g/mol. The molecular formula is C13H15NO3S. The van der Waals surface area contributed by atoms with Crippen LogP contribution in [0.2, 0.25) is 0 Å². The van der Waals surface area contributed by atoms with Crippen molar-refractivity contribution in [3.63, 3.8) is 0 Å². The van der Waals surface area contributed by atoms with Crippen molar-refractivity contribution in [2.75, 3.05) is 6.61 Å². The lowest BCUT2D eigenvalue weighted by Crippen LogP contribution is -2.17. The fraction of sp³-hybridized carbons (Fsp3) is 0.308. The summed E-state index contributed by atoms with van der Waals surface area (Å²) in [5, 5.41) is 1.13. The lowest BCUT2D eigenvalue weighted by Gasteiger charge is -2.07. The number of hydrogen-bond donors (Lipinski definition) is 0. The first-order valence-corrected chi connectivity index (χ1v) is 7.15. The molecule has 4 nitrogen and oxygen atoms in total. The molecule has 1 aliphatic heterocycles. The second-order valence-electron chi connectivity index (χ2n) is 4.71. The van der Waals surface area contributed by atoms with Crippen LogP contribution in [0.4, 0.5) is 0 Å². The maximum absolute atomic E-state index is 12.0. The molecule has 1 aromatic carbocycles. The molecule has 0 saturated heterocycles. The van der Waals surface area contributed by atoms with Crippen molar-refractivity contribution in [3.8, 4) is 0 Å². The van der Waals surface area contributed by atoms with Crippen LogP contribution in [0.5, 0.6) is 0 Å². The summed E-state index contributed by atoms with van der Waals surface area (Å²) >= 11 is 0. The Bertz CT molecular complexity index is 586. The van der Waals surface area contributed by atoms with Gasteiger partial charge >= 0.3 is 0 Å². The van der Waals surface area contributed by atoms with E-state index in [-0.39, 0.29) is 10.4 Å². The van der Waals surface area contributed by atoms with Crippen molar-refractivity contribution in [1.29, 1.82) is 0 Å². The molecule has 96 valence electrons. The molecule has 5 heteroatoms. The Morgan fingerprint density at radius 1 is 1.28 bits per heavy atom. The van der Waals surface area contributed by atoms with Gasteiger partial charge in [0.1, 0.15) is 6.61 Å². The number of rotatable bonds is 3. The summed E-state index contributed by atoms with van der Waals surface area (Å²) in [6.07, 6.45) is 1.40. The molecular weight excluding hydrogens is 250 g/mol. The highest BCUT2D eigenvalue weighted by Crippen LogP contribution is 2.18. The van der Waals surface area contributed by atoms with Crippen molar-refractivity contribution < 1.29 is 13.2 Å². The van der Waals surface area contributed by atoms with E-state index in [1.165, 1.54) is 6.08 Å². The summed E-state index contributed by atoms with van der Waals surface area (Å²) in [5.41, 5.74) is -0.282. The monoisotopic (exact) mass is 265 g/mol. The molecule has 0 saturated carbocycles. The molecule has 1 aliphatic rings. The largest absolute Gasteiger partial charge is 0.475 e. The van der Waals surface area contributed by atoms with E-state index < -0.39 is 9.84 Å². The molecule has 1 aromatic rings. The summed E-state index contributed by atoms with van der Waals surface area (Å²) in [7, 11) is -3.43. The molecule has 0 spiro atoms. The molecule has 0 amide bonds. The van der Waals surface area contributed by atoms with E-state index in [9.17, 15) is 8.42 Å². The highest BCUT2D eigenvalue weighted by Gasteiger charge is 2.25. The number of sulfone groups is 1. The van der Waals surface area contributed by atoms with Crippen molar-refractivity contribution >= 4 is 15.7 Å². The fourth-order valence-corrected chi connectivity index (χ4v) is 2.52. The van der Waals surface area contributed by atoms with E-state index in [0.717, 1.165) is 5.41 Å². The van der Waals surface area contributed by atoms with Crippen LogP contribution < -0.4 is 0 Å². The maximum Gasteiger partial charge on any atom is 0.209 e. The minimum atomic E-state index is -3.43. The number of aliphatic imine (C=N–C) groups is 1. The Labute approximate surface area is 107 Å². The Kier molecular flexibility index (Phi) is 3.26. The van der Waals surface area contributed by atoms with Gasteiger partial charge < -0.3 is 4.74 Å². The summed E-state index contributed by atoms with van der Waals surface area (Å²) in [6.45, 7) is 4.33. The first kappa shape index (κ1) is 12.8. The molecule has 0 atom stereocenters. The molecule has 0 fully saturated rings. The highest BCUT2D eigenvalue weighted by atomic mass is 32.2. The molecule has 0 aliphatic carbocycles. The van der Waals surface area contributed by atoms with Crippen LogP contribution in [0.15, 0.2) is 51.7 Å². The van der Waals surface area contributed by atoms with E-state index in [0.29, 0.717) is 12.5 Å². The second kappa shape index (κ2) is 4.57. The van der Waals surface area contributed by atoms with Crippen LogP contribution in [-0.2, 0) is 14.6 Å². The number of hydrogen-bond acceptors (Lipinski definition) is 4. The normalized spacial score (nSPS) is 18.7. The Balaban J connectivity index is 2.20. The first-order valence-electron chi connectivity index (χ1n) is 5.60. The second-order valence-corrected chi connectivity index (χ2v) is 6.55. The van der Waals surface area contributed by atoms with Crippen LogP contribution in [0.25, 0.3) is 0 Å². The van der Waals surface area contributed by atoms with Crippen molar-refractivity contribution in [3.05, 3.63) is 41.8 Å². The van der Waals surface area contributed by atoms with Gasteiger partial charge in [0.2, 0.25) is 5.90 Å². The quantitative estimate of drug-likeness (QED) is 0.841. The van der Waals surface area contributed by atoms with Gasteiger partial charge in [0.05, 0.1) is 10.4 Å². The standard InChI is InChI=1S/C13H15NO3S/c1-13(2)10-17-12(14-13)8-9-18(15,16)11-6-4-3-5-7-11/h3-9H,10H2,1-2H3. The number of ether oxygens (including phenoxy) is 1. The Hall–Kier alpha value is -1.62. The third-order valence-electron chi connectivity index (χ3n) is 2.45. The topological polar surface area (TPSA) is 55.7 Å². The predicted octanol–water partition coefficient (Wildman–Crippen LogP) is 2.18. The number of benzene rings is 1. The van der Waals surface area contributed by atoms with E-state index >= 15 is 0 Å². The zero-order valence-corrected chi connectivity index (χ0v) is 11.1. The summed E-state index contributed by atoms with van der Waals surface area (Å²) in [5.74, 6) is 0.361. The minimum Gasteiger partial charge on any atom is -0.475 e. The van der Waals surface area contributed by atoms with E-state index in [1.54, 1.807) is 30.3 Å². The van der Waals surface area contributed by atoms with Gasteiger partial charge in [0.25, 0.3) is 0 Å². The zero-order valence-electron chi connectivity index (χ0n) is 10.3. The summed E-state index contributed by atoms with van der Waals surface area (Å²) in [6, 6.07) is 8.26. The van der Waals surface area contributed by atoms with Crippen LogP contribution in [-0.4, -0.2) is 26.5 Å². The zero-order chi connectivity index (χ0) is 13.2. The van der Waals surface area contributed by atoms with Gasteiger partial charge in [-0.15, -0.1) is 0 Å². The van der Waals surface area contributed by atoms with E-state index in [2.05, 4.69) is 4.99 Å². The smallest absolute Gasteiger partial charge is 0.209 e. The Morgan fingerprint density at radius 2 is 1.94 bits per heavy atom. The lowest BCUT2D eigenvalue weighted by molar-refractivity contribution is 0.280. The SMILES string of the molecule is CC1(C)COC(C=CS(=O)(=O)c2ccccc2)=N1. The molecule has 18 heavy (non-hydrogen) atoms. The van der Waals surface area contributed by atoms with Crippen molar-refractivity contribution in [2.45, 2.75) is 24.3 Å². The van der Waals surface area contributed by atoms with Gasteiger partial charge in [-0.1, -0.05) is 18.2 Å². The first-order chi connectivity index (χ1) is 8.39. The van der Waals surface area contributed by atoms with Crippen LogP contribution >= 0.6 is 0 Å². The Morgan fingerprint density at radius 3 is 2.50 bits per heavy atom. The molecule has 2 rings (SSSR count). The molecule has 1 heterocycles. The van der Waals surface area contributed by atoms with Crippen LogP contribution in [0.1, 0.15) is 13.8 Å². The summed E-state index contributed by atoms with van der Waals surface area (Å²) < 4.78 is 29.2. The van der Waals surface area contributed by atoms with Crippen LogP contribution in [0, 0.1) is 0 Å². The fourth-order valence-electron chi connectivity index (χ4n) is 1.54. The molecule has 0 aromatic heterocycles. The molecule has 0 N–H and O–H groups in total.